The Labute approximate surface area is 194 Å². The van der Waals surface area contributed by atoms with E-state index in [2.05, 4.69) is 19.8 Å². The molecule has 4 N–H and O–H groups in total. The molecule has 2 aromatic rings. The number of amides is 2. The van der Waals surface area contributed by atoms with Gasteiger partial charge in [-0.1, -0.05) is 16.8 Å². The standard InChI is InChI=1S/C18H15ClN6O5S2/c1-7-6-10(17(28)29)25-15(27)12(16(25)31-7)21-14(26)11(13-22-18(20)32-24-13)23-30-9-4-2-8(19)3-5-9/h2-7,12,16H,1H3,(H,21,26)(H,28,29)(H2,20,22,24)/t7?,12?,16-/m0/s1. The highest BCUT2D eigenvalue weighted by Crippen LogP contribution is 2.40. The van der Waals surface area contributed by atoms with Gasteiger partial charge in [0.15, 0.2) is 10.9 Å². The van der Waals surface area contributed by atoms with E-state index < -0.39 is 29.2 Å². The monoisotopic (exact) mass is 494 g/mol. The number of hydrogen-bond acceptors (Lipinski definition) is 10. The number of nitrogens with two attached hydrogens (primary N) is 1. The maximum Gasteiger partial charge on any atom is 0.352 e. The van der Waals surface area contributed by atoms with Crippen molar-refractivity contribution in [1.29, 1.82) is 0 Å². The average Bonchev–Trinajstić information content (AvgIpc) is 3.18. The van der Waals surface area contributed by atoms with E-state index >= 15 is 0 Å². The van der Waals surface area contributed by atoms with E-state index in [0.717, 1.165) is 16.4 Å². The minimum Gasteiger partial charge on any atom is -0.477 e. The van der Waals surface area contributed by atoms with Gasteiger partial charge >= 0.3 is 5.97 Å². The van der Waals surface area contributed by atoms with Gasteiger partial charge in [0.2, 0.25) is 11.5 Å². The number of aromatic nitrogens is 2. The van der Waals surface area contributed by atoms with Crippen molar-refractivity contribution in [2.45, 2.75) is 23.6 Å². The maximum atomic E-state index is 13.0. The molecule has 3 atom stereocenters. The van der Waals surface area contributed by atoms with Gasteiger partial charge in [0, 0.05) is 21.8 Å². The number of halogens is 1. The number of nitrogens with one attached hydrogen (secondary N) is 1. The van der Waals surface area contributed by atoms with Crippen molar-refractivity contribution in [2.24, 2.45) is 5.16 Å². The fraction of sp³-hybridized carbons (Fsp3) is 0.222. The van der Waals surface area contributed by atoms with Gasteiger partial charge in [-0.2, -0.15) is 9.36 Å². The van der Waals surface area contributed by atoms with Crippen LogP contribution < -0.4 is 15.9 Å². The third kappa shape index (κ3) is 4.26. The number of anilines is 1. The number of oxime groups is 1. The summed E-state index contributed by atoms with van der Waals surface area (Å²) in [6.07, 6.45) is 1.49. The van der Waals surface area contributed by atoms with Crippen LogP contribution in [0, 0.1) is 0 Å². The third-order valence-corrected chi connectivity index (χ3v) is 6.60. The number of carbonyl (C=O) groups is 3. The number of nitrogen functional groups attached to an aromatic ring is 1. The van der Waals surface area contributed by atoms with E-state index in [9.17, 15) is 19.5 Å². The summed E-state index contributed by atoms with van der Waals surface area (Å²) < 4.78 is 3.99. The number of carbonyl (C=O) groups excluding carboxylic acids is 2. The second-order valence-corrected chi connectivity index (χ2v) is 9.41. The molecular formula is C18H15ClN6O5S2. The molecule has 11 nitrogen and oxygen atoms in total. The lowest BCUT2D eigenvalue weighted by molar-refractivity contribution is -0.150. The Bertz CT molecular complexity index is 1150. The van der Waals surface area contributed by atoms with Gasteiger partial charge in [0.1, 0.15) is 17.1 Å². The zero-order valence-electron chi connectivity index (χ0n) is 16.3. The van der Waals surface area contributed by atoms with Crippen LogP contribution in [0.5, 0.6) is 5.75 Å². The number of thioether (sulfide) groups is 1. The van der Waals surface area contributed by atoms with E-state index in [-0.39, 0.29) is 27.6 Å². The number of nitrogens with zero attached hydrogens (tertiary/aromatic N) is 4. The van der Waals surface area contributed by atoms with Crippen LogP contribution in [-0.4, -0.2) is 59.5 Å². The Morgan fingerprint density at radius 1 is 1.34 bits per heavy atom. The molecule has 14 heteroatoms. The summed E-state index contributed by atoms with van der Waals surface area (Å²) in [5, 5.41) is 15.7. The lowest BCUT2D eigenvalue weighted by atomic mass is 10.0. The Morgan fingerprint density at radius 3 is 2.69 bits per heavy atom. The first kappa shape index (κ1) is 22.0. The Morgan fingerprint density at radius 2 is 2.06 bits per heavy atom. The summed E-state index contributed by atoms with van der Waals surface area (Å²) in [7, 11) is 0. The molecule has 1 saturated heterocycles. The Hall–Kier alpha value is -3.16. The fourth-order valence-corrected chi connectivity index (χ4v) is 4.94. The van der Waals surface area contributed by atoms with E-state index in [0.29, 0.717) is 10.8 Å². The van der Waals surface area contributed by atoms with Crippen LogP contribution in [0.1, 0.15) is 12.7 Å². The SMILES string of the molecule is CC1C=C(C(=O)O)N2C(=O)C(NC(=O)C(=NOc3ccc(Cl)cc3)c3nsc(N)n3)[C@@H]2S1. The van der Waals surface area contributed by atoms with Crippen LogP contribution in [0.15, 0.2) is 41.2 Å². The van der Waals surface area contributed by atoms with Crippen LogP contribution in [0.2, 0.25) is 5.02 Å². The van der Waals surface area contributed by atoms with Gasteiger partial charge in [0.05, 0.1) is 0 Å². The van der Waals surface area contributed by atoms with Crippen LogP contribution in [0.3, 0.4) is 0 Å². The highest BCUT2D eigenvalue weighted by molar-refractivity contribution is 8.00. The molecule has 32 heavy (non-hydrogen) atoms. The molecule has 0 saturated carbocycles. The van der Waals surface area contributed by atoms with Gasteiger partial charge in [-0.25, -0.2) is 4.79 Å². The maximum absolute atomic E-state index is 13.0. The molecule has 2 amide bonds. The van der Waals surface area contributed by atoms with E-state index in [4.69, 9.17) is 22.2 Å². The Kier molecular flexibility index (Phi) is 6.04. The summed E-state index contributed by atoms with van der Waals surface area (Å²) in [6, 6.07) is 5.33. The van der Waals surface area contributed by atoms with Gasteiger partial charge in [0.25, 0.3) is 11.8 Å². The van der Waals surface area contributed by atoms with Crippen molar-refractivity contribution >= 4 is 63.5 Å². The highest BCUT2D eigenvalue weighted by atomic mass is 35.5. The number of hydrogen-bond donors (Lipinski definition) is 3. The quantitative estimate of drug-likeness (QED) is 0.305. The lowest BCUT2D eigenvalue weighted by Crippen LogP contribution is -2.71. The summed E-state index contributed by atoms with van der Waals surface area (Å²) in [4.78, 5) is 47.5. The van der Waals surface area contributed by atoms with E-state index in [1.165, 1.54) is 17.8 Å². The minimum absolute atomic E-state index is 0.0709. The van der Waals surface area contributed by atoms with Crippen LogP contribution >= 0.6 is 34.9 Å². The number of rotatable bonds is 6. The van der Waals surface area contributed by atoms with Gasteiger partial charge in [-0.15, -0.1) is 11.8 Å². The van der Waals surface area contributed by atoms with Crippen molar-refractivity contribution in [2.75, 3.05) is 5.73 Å². The second kappa shape index (κ2) is 8.76. The molecule has 166 valence electrons. The largest absolute Gasteiger partial charge is 0.477 e. The van der Waals surface area contributed by atoms with Crippen molar-refractivity contribution < 1.29 is 24.3 Å². The van der Waals surface area contributed by atoms with Gasteiger partial charge in [-0.05, 0) is 37.3 Å². The molecule has 0 aliphatic carbocycles. The molecule has 2 aliphatic heterocycles. The molecular weight excluding hydrogens is 480 g/mol. The number of carboxylic acids is 1. The molecule has 1 aromatic carbocycles. The van der Waals surface area contributed by atoms with Gasteiger partial charge < -0.3 is 21.0 Å². The molecule has 0 radical (unpaired) electrons. The topological polar surface area (TPSA) is 160 Å². The van der Waals surface area contributed by atoms with Gasteiger partial charge in [-0.3, -0.25) is 14.5 Å². The lowest BCUT2D eigenvalue weighted by Gasteiger charge is -2.49. The zero-order valence-corrected chi connectivity index (χ0v) is 18.6. The Balaban J connectivity index is 1.55. The van der Waals surface area contributed by atoms with Crippen LogP contribution in [0.25, 0.3) is 0 Å². The molecule has 1 aromatic heterocycles. The minimum atomic E-state index is -1.21. The fourth-order valence-electron chi connectivity index (χ4n) is 3.05. The third-order valence-electron chi connectivity index (χ3n) is 4.48. The van der Waals surface area contributed by atoms with E-state index in [1.54, 1.807) is 31.2 Å². The average molecular weight is 495 g/mol. The molecule has 2 aliphatic rings. The summed E-state index contributed by atoms with van der Waals surface area (Å²) in [6.45, 7) is 1.81. The number of fused-ring (bicyclic) bond motifs is 1. The number of β-lactam (4-membered cyclic amide) rings is 1. The normalized spacial score (nSPS) is 22.5. The molecule has 3 heterocycles. The molecule has 0 bridgehead atoms. The summed E-state index contributed by atoms with van der Waals surface area (Å²) in [5.74, 6) is -2.28. The van der Waals surface area contributed by atoms with Crippen molar-refractivity contribution in [3.8, 4) is 5.75 Å². The van der Waals surface area contributed by atoms with Crippen molar-refractivity contribution in [3.05, 3.63) is 46.9 Å². The van der Waals surface area contributed by atoms with E-state index in [1.807, 2.05) is 0 Å². The first-order valence-electron chi connectivity index (χ1n) is 9.09. The number of benzene rings is 1. The second-order valence-electron chi connectivity index (χ2n) is 6.69. The predicted molar refractivity (Wildman–Crippen MR) is 118 cm³/mol. The van der Waals surface area contributed by atoms with Crippen LogP contribution in [0.4, 0.5) is 5.13 Å². The molecule has 2 unspecified atom stereocenters. The first-order valence-corrected chi connectivity index (χ1v) is 11.2. The summed E-state index contributed by atoms with van der Waals surface area (Å²) >= 11 is 8.06. The first-order chi connectivity index (χ1) is 15.2. The number of aliphatic carboxylic acids is 1. The highest BCUT2D eigenvalue weighted by Gasteiger charge is 2.54. The molecule has 1 fully saturated rings. The predicted octanol–water partition coefficient (Wildman–Crippen LogP) is 1.31. The molecule has 0 spiro atoms. The molecule has 4 rings (SSSR count). The van der Waals surface area contributed by atoms with Crippen molar-refractivity contribution in [1.82, 2.24) is 19.6 Å². The summed E-state index contributed by atoms with van der Waals surface area (Å²) in [5.41, 5.74) is 5.23. The smallest absolute Gasteiger partial charge is 0.352 e. The van der Waals surface area contributed by atoms with Crippen LogP contribution in [-0.2, 0) is 14.4 Å². The number of carboxylic acid groups (broad SMARTS) is 1. The zero-order chi connectivity index (χ0) is 23.0. The van der Waals surface area contributed by atoms with Crippen molar-refractivity contribution in [3.63, 3.8) is 0 Å².